The van der Waals surface area contributed by atoms with Crippen LogP contribution in [0.25, 0.3) is 11.0 Å². The minimum atomic E-state index is -0.824. The highest BCUT2D eigenvalue weighted by atomic mass is 16.5. The van der Waals surface area contributed by atoms with E-state index in [0.717, 1.165) is 6.42 Å². The van der Waals surface area contributed by atoms with Crippen molar-refractivity contribution >= 4 is 22.8 Å². The highest BCUT2D eigenvalue weighted by Gasteiger charge is 2.16. The number of carbonyl (C=O) groups is 2. The van der Waals surface area contributed by atoms with Crippen molar-refractivity contribution in [1.82, 2.24) is 10.9 Å². The summed E-state index contributed by atoms with van der Waals surface area (Å²) in [7, 11) is 0. The van der Waals surface area contributed by atoms with E-state index in [2.05, 4.69) is 10.9 Å². The van der Waals surface area contributed by atoms with Gasteiger partial charge in [0.2, 0.25) is 0 Å². The molecule has 8 heteroatoms. The van der Waals surface area contributed by atoms with Crippen molar-refractivity contribution in [2.75, 3.05) is 6.61 Å². The van der Waals surface area contributed by atoms with E-state index >= 15 is 0 Å². The van der Waals surface area contributed by atoms with Crippen LogP contribution in [0.5, 0.6) is 5.75 Å². The first kappa shape index (κ1) is 17.3. The number of hydrogen-bond acceptors (Lipinski definition) is 6. The molecule has 0 spiro atoms. The molecule has 2 aromatic heterocycles. The largest absolute Gasteiger partial charge is 0.493 e. The topological polar surface area (TPSA) is 111 Å². The number of carbonyl (C=O) groups excluding carboxylic acids is 2. The lowest BCUT2D eigenvalue weighted by Gasteiger charge is -2.07. The zero-order chi connectivity index (χ0) is 18.5. The van der Waals surface area contributed by atoms with Crippen LogP contribution in [-0.2, 0) is 0 Å². The van der Waals surface area contributed by atoms with Crippen molar-refractivity contribution in [3.63, 3.8) is 0 Å². The smallest absolute Gasteiger partial charge is 0.349 e. The van der Waals surface area contributed by atoms with Crippen molar-refractivity contribution in [2.24, 2.45) is 0 Å². The molecule has 0 atom stereocenters. The number of hydrazine groups is 1. The second kappa shape index (κ2) is 7.56. The molecule has 0 unspecified atom stereocenters. The molecule has 2 amide bonds. The van der Waals surface area contributed by atoms with Crippen molar-refractivity contribution in [2.45, 2.75) is 13.3 Å². The Labute approximate surface area is 147 Å². The van der Waals surface area contributed by atoms with Crippen LogP contribution in [0.4, 0.5) is 0 Å². The minimum absolute atomic E-state index is 0.0236. The van der Waals surface area contributed by atoms with Gasteiger partial charge < -0.3 is 13.6 Å². The van der Waals surface area contributed by atoms with E-state index < -0.39 is 17.4 Å². The Balaban J connectivity index is 1.76. The summed E-state index contributed by atoms with van der Waals surface area (Å²) >= 11 is 0. The fourth-order valence-corrected chi connectivity index (χ4v) is 2.21. The number of ether oxygens (including phenoxy) is 1. The van der Waals surface area contributed by atoms with Crippen LogP contribution < -0.4 is 21.2 Å². The second-order valence-corrected chi connectivity index (χ2v) is 5.38. The SMILES string of the molecule is CCCOc1ccc2cc(C(=O)NNC(=O)c3ccco3)c(=O)oc2c1. The van der Waals surface area contributed by atoms with Crippen molar-refractivity contribution < 1.29 is 23.2 Å². The normalized spacial score (nSPS) is 10.5. The number of nitrogens with one attached hydrogen (secondary N) is 2. The Morgan fingerprint density at radius 2 is 1.92 bits per heavy atom. The third-order valence-corrected chi connectivity index (χ3v) is 3.46. The quantitative estimate of drug-likeness (QED) is 0.536. The van der Waals surface area contributed by atoms with E-state index in [1.807, 2.05) is 6.92 Å². The van der Waals surface area contributed by atoms with E-state index in [-0.39, 0.29) is 11.3 Å². The van der Waals surface area contributed by atoms with Gasteiger partial charge in [0.25, 0.3) is 5.91 Å². The maximum Gasteiger partial charge on any atom is 0.349 e. The first-order valence-corrected chi connectivity index (χ1v) is 7.93. The molecule has 26 heavy (non-hydrogen) atoms. The molecular weight excluding hydrogens is 340 g/mol. The van der Waals surface area contributed by atoms with Gasteiger partial charge in [0, 0.05) is 11.5 Å². The summed E-state index contributed by atoms with van der Waals surface area (Å²) in [4.78, 5) is 36.0. The number of benzene rings is 1. The lowest BCUT2D eigenvalue weighted by Crippen LogP contribution is -2.42. The lowest BCUT2D eigenvalue weighted by molar-refractivity contribution is 0.0829. The van der Waals surface area contributed by atoms with Crippen molar-refractivity contribution in [3.05, 3.63) is 64.4 Å². The summed E-state index contributed by atoms with van der Waals surface area (Å²) in [5, 5.41) is 0.552. The molecule has 0 radical (unpaired) electrons. The molecule has 2 heterocycles. The summed E-state index contributed by atoms with van der Waals surface area (Å²) in [6.07, 6.45) is 2.18. The van der Waals surface area contributed by atoms with Crippen molar-refractivity contribution in [1.29, 1.82) is 0 Å². The van der Waals surface area contributed by atoms with E-state index in [1.54, 1.807) is 18.2 Å². The maximum atomic E-state index is 12.2. The molecule has 134 valence electrons. The van der Waals surface area contributed by atoms with Gasteiger partial charge in [-0.2, -0.15) is 0 Å². The van der Waals surface area contributed by atoms with E-state index in [4.69, 9.17) is 13.6 Å². The Kier molecular flexibility index (Phi) is 5.02. The Hall–Kier alpha value is -3.55. The van der Waals surface area contributed by atoms with E-state index in [0.29, 0.717) is 23.3 Å². The molecule has 8 nitrogen and oxygen atoms in total. The molecular formula is C18H16N2O6. The van der Waals surface area contributed by atoms with Gasteiger partial charge in [-0.3, -0.25) is 20.4 Å². The zero-order valence-corrected chi connectivity index (χ0v) is 13.9. The summed E-state index contributed by atoms with van der Waals surface area (Å²) in [6.45, 7) is 2.53. The number of furan rings is 1. The number of hydrogen-bond donors (Lipinski definition) is 2. The van der Waals surface area contributed by atoms with Crippen LogP contribution in [-0.4, -0.2) is 18.4 Å². The molecule has 0 saturated carbocycles. The van der Waals surface area contributed by atoms with Gasteiger partial charge in [0.1, 0.15) is 16.9 Å². The van der Waals surface area contributed by atoms with E-state index in [1.165, 1.54) is 24.5 Å². The predicted molar refractivity (Wildman–Crippen MR) is 91.9 cm³/mol. The third kappa shape index (κ3) is 3.75. The summed E-state index contributed by atoms with van der Waals surface area (Å²) in [5.41, 5.74) is 3.55. The molecule has 2 N–H and O–H groups in total. The van der Waals surface area contributed by atoms with Gasteiger partial charge in [-0.15, -0.1) is 0 Å². The minimum Gasteiger partial charge on any atom is -0.493 e. The molecule has 0 aliphatic carbocycles. The van der Waals surface area contributed by atoms with Gasteiger partial charge >= 0.3 is 11.5 Å². The zero-order valence-electron chi connectivity index (χ0n) is 13.9. The summed E-state index contributed by atoms with van der Waals surface area (Å²) in [5.74, 6) is -0.848. The molecule has 1 aromatic carbocycles. The highest BCUT2D eigenvalue weighted by molar-refractivity contribution is 5.99. The lowest BCUT2D eigenvalue weighted by atomic mass is 10.1. The van der Waals surface area contributed by atoms with E-state index in [9.17, 15) is 14.4 Å². The first-order valence-electron chi connectivity index (χ1n) is 7.93. The molecule has 0 fully saturated rings. The number of amides is 2. The average molecular weight is 356 g/mol. The molecule has 0 bridgehead atoms. The monoisotopic (exact) mass is 356 g/mol. The van der Waals surface area contributed by atoms with Gasteiger partial charge in [-0.1, -0.05) is 6.92 Å². The van der Waals surface area contributed by atoms with Gasteiger partial charge in [-0.25, -0.2) is 4.79 Å². The standard InChI is InChI=1S/C18H16N2O6/c1-2-7-24-12-6-5-11-9-13(18(23)26-15(11)10-12)16(21)19-20-17(22)14-4-3-8-25-14/h3-6,8-10H,2,7H2,1H3,(H,19,21)(H,20,22). The Bertz CT molecular complexity index is 991. The van der Waals surface area contributed by atoms with Crippen LogP contribution in [0, 0.1) is 0 Å². The molecule has 0 saturated heterocycles. The highest BCUT2D eigenvalue weighted by Crippen LogP contribution is 2.20. The Morgan fingerprint density at radius 3 is 2.65 bits per heavy atom. The van der Waals surface area contributed by atoms with Crippen LogP contribution in [0.15, 0.2) is 56.3 Å². The molecule has 3 aromatic rings. The Morgan fingerprint density at radius 1 is 1.12 bits per heavy atom. The summed E-state index contributed by atoms with van der Waals surface area (Å²) in [6, 6.07) is 9.35. The van der Waals surface area contributed by atoms with Crippen LogP contribution in [0.3, 0.4) is 0 Å². The fraction of sp³-hybridized carbons (Fsp3) is 0.167. The van der Waals surface area contributed by atoms with Crippen LogP contribution in [0.2, 0.25) is 0 Å². The fourth-order valence-electron chi connectivity index (χ4n) is 2.21. The molecule has 0 aliphatic rings. The van der Waals surface area contributed by atoms with Crippen LogP contribution in [0.1, 0.15) is 34.3 Å². The van der Waals surface area contributed by atoms with Crippen LogP contribution >= 0.6 is 0 Å². The first-order chi connectivity index (χ1) is 12.6. The third-order valence-electron chi connectivity index (χ3n) is 3.46. The maximum absolute atomic E-state index is 12.2. The molecule has 0 aliphatic heterocycles. The van der Waals surface area contributed by atoms with Gasteiger partial charge in [0.15, 0.2) is 5.76 Å². The number of fused-ring (bicyclic) bond motifs is 1. The summed E-state index contributed by atoms with van der Waals surface area (Å²) < 4.78 is 15.6. The predicted octanol–water partition coefficient (Wildman–Crippen LogP) is 2.25. The average Bonchev–Trinajstić information content (AvgIpc) is 3.18. The molecule has 3 rings (SSSR count). The second-order valence-electron chi connectivity index (χ2n) is 5.38. The van der Waals surface area contributed by atoms with Gasteiger partial charge in [-0.05, 0) is 36.8 Å². The van der Waals surface area contributed by atoms with Crippen molar-refractivity contribution in [3.8, 4) is 5.75 Å². The number of rotatable bonds is 5. The van der Waals surface area contributed by atoms with Gasteiger partial charge in [0.05, 0.1) is 12.9 Å².